The lowest BCUT2D eigenvalue weighted by atomic mass is 9.96. The molecule has 0 aliphatic heterocycles. The summed E-state index contributed by atoms with van der Waals surface area (Å²) < 4.78 is 56.0. The lowest BCUT2D eigenvalue weighted by Gasteiger charge is -2.13. The Hall–Kier alpha value is -4.35. The van der Waals surface area contributed by atoms with E-state index in [0.717, 1.165) is 10.7 Å². The highest BCUT2D eigenvalue weighted by Crippen LogP contribution is 2.30. The van der Waals surface area contributed by atoms with E-state index in [4.69, 9.17) is 0 Å². The normalized spacial score (nSPS) is 12.1. The fourth-order valence-corrected chi connectivity index (χ4v) is 4.20. The van der Waals surface area contributed by atoms with E-state index in [-0.39, 0.29) is 35.6 Å². The molecule has 12 heteroatoms. The fraction of sp³-hybridized carbons (Fsp3) is 0.240. The van der Waals surface area contributed by atoms with E-state index in [1.165, 1.54) is 36.0 Å². The van der Waals surface area contributed by atoms with Crippen LogP contribution in [0.5, 0.6) is 0 Å². The minimum atomic E-state index is -4.56. The van der Waals surface area contributed by atoms with Crippen molar-refractivity contribution in [1.82, 2.24) is 34.3 Å². The molecule has 1 N–H and O–H groups in total. The highest BCUT2D eigenvalue weighted by Gasteiger charge is 2.34. The van der Waals surface area contributed by atoms with E-state index in [0.29, 0.717) is 27.9 Å². The topological polar surface area (TPSA) is 94.3 Å². The molecule has 1 aromatic carbocycles. The van der Waals surface area contributed by atoms with Gasteiger partial charge in [-0.3, -0.25) is 4.57 Å². The van der Waals surface area contributed by atoms with Crippen molar-refractivity contribution in [3.8, 4) is 17.2 Å². The summed E-state index contributed by atoms with van der Waals surface area (Å²) in [7, 11) is 0. The van der Waals surface area contributed by atoms with Crippen LogP contribution in [0.1, 0.15) is 42.3 Å². The molecule has 0 amide bonds. The molecular weight excluding hydrogens is 490 g/mol. The highest BCUT2D eigenvalue weighted by molar-refractivity contribution is 5.74. The van der Waals surface area contributed by atoms with Crippen molar-refractivity contribution in [2.75, 3.05) is 0 Å². The number of benzene rings is 1. The fourth-order valence-electron chi connectivity index (χ4n) is 4.20. The van der Waals surface area contributed by atoms with Gasteiger partial charge < -0.3 is 4.98 Å². The van der Waals surface area contributed by atoms with Crippen LogP contribution in [0.3, 0.4) is 0 Å². The summed E-state index contributed by atoms with van der Waals surface area (Å²) in [6.07, 6.45) is -1.63. The summed E-state index contributed by atoms with van der Waals surface area (Å²) >= 11 is 0. The van der Waals surface area contributed by atoms with Gasteiger partial charge in [0.05, 0.1) is 12.7 Å². The van der Waals surface area contributed by atoms with Crippen molar-refractivity contribution in [3.63, 3.8) is 0 Å². The summed E-state index contributed by atoms with van der Waals surface area (Å²) in [6.45, 7) is 5.34. The van der Waals surface area contributed by atoms with E-state index in [1.54, 1.807) is 18.2 Å². The minimum Gasteiger partial charge on any atom is -0.303 e. The lowest BCUT2D eigenvalue weighted by Crippen LogP contribution is -2.18. The molecule has 0 unspecified atom stereocenters. The van der Waals surface area contributed by atoms with Gasteiger partial charge in [-0.25, -0.2) is 28.8 Å². The summed E-state index contributed by atoms with van der Waals surface area (Å²) in [4.78, 5) is 28.5. The summed E-state index contributed by atoms with van der Waals surface area (Å²) in [5.41, 5.74) is 1.22. The van der Waals surface area contributed by atoms with Gasteiger partial charge in [-0.05, 0) is 36.6 Å². The van der Waals surface area contributed by atoms with Crippen molar-refractivity contribution in [1.29, 1.82) is 0 Å². The number of aryl methyl sites for hydroxylation is 1. The lowest BCUT2D eigenvalue weighted by molar-refractivity contribution is -0.141. The third kappa shape index (κ3) is 4.50. The van der Waals surface area contributed by atoms with Crippen molar-refractivity contribution in [2.45, 2.75) is 39.4 Å². The molecule has 0 spiro atoms. The standard InChI is InChI=1S/C25H21F4N7O/c1-13(2)21-16(5-4-6-17(21)26)22-31-11-18-23(33-22)35(24(37)32-18)12-15-7-8-20(30-10-15)36-14(3)9-19(34-36)25(27,28)29/h4-11,13H,12H2,1-3H3,(H,32,37). The van der Waals surface area contributed by atoms with Gasteiger partial charge in [0.2, 0.25) is 0 Å². The zero-order valence-corrected chi connectivity index (χ0v) is 20.0. The minimum absolute atomic E-state index is 0.0919. The second-order valence-electron chi connectivity index (χ2n) is 8.91. The number of nitrogens with one attached hydrogen (secondary N) is 1. The molecule has 0 atom stereocenters. The third-order valence-electron chi connectivity index (χ3n) is 5.93. The maximum absolute atomic E-state index is 14.5. The molecule has 0 aliphatic rings. The molecule has 190 valence electrons. The molecule has 0 bridgehead atoms. The van der Waals surface area contributed by atoms with E-state index < -0.39 is 17.6 Å². The number of rotatable bonds is 5. The first-order valence-electron chi connectivity index (χ1n) is 11.4. The summed E-state index contributed by atoms with van der Waals surface area (Å²) in [5, 5.41) is 3.60. The third-order valence-corrected chi connectivity index (χ3v) is 5.93. The quantitative estimate of drug-likeness (QED) is 0.335. The number of aromatic nitrogens is 7. The van der Waals surface area contributed by atoms with Gasteiger partial charge in [-0.1, -0.05) is 32.0 Å². The molecular formula is C25H21F4N7O. The maximum Gasteiger partial charge on any atom is 0.435 e. The SMILES string of the molecule is Cc1cc(C(F)(F)F)nn1-c1ccc(Cn2c(=O)[nH]c3cnc(-c4cccc(F)c4C(C)C)nc32)cn1. The predicted molar refractivity (Wildman–Crippen MR) is 128 cm³/mol. The number of imidazole rings is 1. The van der Waals surface area contributed by atoms with E-state index in [1.807, 2.05) is 13.8 Å². The molecule has 5 aromatic rings. The Balaban J connectivity index is 1.49. The van der Waals surface area contributed by atoms with Gasteiger partial charge in [0, 0.05) is 23.0 Å². The zero-order chi connectivity index (χ0) is 26.5. The number of hydrogen-bond donors (Lipinski definition) is 1. The first kappa shape index (κ1) is 24.3. The molecule has 4 aromatic heterocycles. The van der Waals surface area contributed by atoms with Crippen LogP contribution in [0.4, 0.5) is 17.6 Å². The van der Waals surface area contributed by atoms with Crippen LogP contribution in [-0.4, -0.2) is 34.3 Å². The van der Waals surface area contributed by atoms with Crippen molar-refractivity contribution < 1.29 is 17.6 Å². The second-order valence-corrected chi connectivity index (χ2v) is 8.91. The van der Waals surface area contributed by atoms with Gasteiger partial charge in [0.15, 0.2) is 23.0 Å². The van der Waals surface area contributed by atoms with Crippen molar-refractivity contribution in [2.24, 2.45) is 0 Å². The van der Waals surface area contributed by atoms with Crippen LogP contribution in [0.15, 0.2) is 53.6 Å². The molecule has 37 heavy (non-hydrogen) atoms. The Bertz CT molecular complexity index is 1660. The summed E-state index contributed by atoms with van der Waals surface area (Å²) in [6, 6.07) is 8.82. The molecule has 0 saturated heterocycles. The molecule has 0 aliphatic carbocycles. The van der Waals surface area contributed by atoms with E-state index in [9.17, 15) is 22.4 Å². The molecule has 0 radical (unpaired) electrons. The molecule has 5 rings (SSSR count). The van der Waals surface area contributed by atoms with Gasteiger partial charge >= 0.3 is 11.9 Å². The monoisotopic (exact) mass is 511 g/mol. The molecule has 0 saturated carbocycles. The second kappa shape index (κ2) is 8.95. The Kier molecular flexibility index (Phi) is 5.89. The Morgan fingerprint density at radius 3 is 2.51 bits per heavy atom. The molecule has 0 fully saturated rings. The van der Waals surface area contributed by atoms with Crippen LogP contribution < -0.4 is 5.69 Å². The zero-order valence-electron chi connectivity index (χ0n) is 20.0. The largest absolute Gasteiger partial charge is 0.435 e. The van der Waals surface area contributed by atoms with Crippen molar-refractivity contribution >= 4 is 11.2 Å². The molecule has 4 heterocycles. The van der Waals surface area contributed by atoms with Crippen LogP contribution in [0.25, 0.3) is 28.4 Å². The summed E-state index contributed by atoms with van der Waals surface area (Å²) in [5.74, 6) is 0.0224. The molecule has 8 nitrogen and oxygen atoms in total. The van der Waals surface area contributed by atoms with Crippen LogP contribution in [-0.2, 0) is 12.7 Å². The number of fused-ring (bicyclic) bond motifs is 1. The van der Waals surface area contributed by atoms with Crippen LogP contribution in [0, 0.1) is 12.7 Å². The van der Waals surface area contributed by atoms with E-state index in [2.05, 4.69) is 25.0 Å². The van der Waals surface area contributed by atoms with Crippen LogP contribution >= 0.6 is 0 Å². The van der Waals surface area contributed by atoms with Gasteiger partial charge in [0.25, 0.3) is 0 Å². The highest BCUT2D eigenvalue weighted by atomic mass is 19.4. The number of H-pyrrole nitrogens is 1. The predicted octanol–water partition coefficient (Wildman–Crippen LogP) is 5.01. The Labute approximate surface area is 207 Å². The van der Waals surface area contributed by atoms with Gasteiger partial charge in [-0.15, -0.1) is 0 Å². The average molecular weight is 511 g/mol. The van der Waals surface area contributed by atoms with Gasteiger partial charge in [0.1, 0.15) is 11.3 Å². The van der Waals surface area contributed by atoms with Crippen molar-refractivity contribution in [3.05, 3.63) is 87.6 Å². The number of hydrogen-bond acceptors (Lipinski definition) is 5. The first-order valence-corrected chi connectivity index (χ1v) is 11.4. The first-order chi connectivity index (χ1) is 17.5. The van der Waals surface area contributed by atoms with Gasteiger partial charge in [-0.2, -0.15) is 18.3 Å². The Morgan fingerprint density at radius 2 is 1.86 bits per heavy atom. The average Bonchev–Trinajstić information content (AvgIpc) is 3.38. The number of aromatic amines is 1. The number of nitrogens with zero attached hydrogens (tertiary/aromatic N) is 6. The number of alkyl halides is 3. The maximum atomic E-state index is 14.5. The smallest absolute Gasteiger partial charge is 0.303 e. The number of pyridine rings is 1. The number of halogens is 4. The van der Waals surface area contributed by atoms with Crippen LogP contribution in [0.2, 0.25) is 0 Å². The Morgan fingerprint density at radius 1 is 1.08 bits per heavy atom. The van der Waals surface area contributed by atoms with E-state index >= 15 is 0 Å².